The van der Waals surface area contributed by atoms with Gasteiger partial charge in [-0.3, -0.25) is 4.79 Å². The number of anilines is 1. The summed E-state index contributed by atoms with van der Waals surface area (Å²) in [6, 6.07) is 14.9. The van der Waals surface area contributed by atoms with Crippen LogP contribution in [-0.4, -0.2) is 18.5 Å². The van der Waals surface area contributed by atoms with E-state index in [0.29, 0.717) is 10.7 Å². The lowest BCUT2D eigenvalue weighted by Gasteiger charge is -2.11. The molecule has 0 aliphatic heterocycles. The number of hydrogen-bond donors (Lipinski definition) is 1. The van der Waals surface area contributed by atoms with Crippen LogP contribution < -0.4 is 5.32 Å². The maximum absolute atomic E-state index is 11.9. The fourth-order valence-corrected chi connectivity index (χ4v) is 2.82. The molecule has 1 N–H and O–H groups in total. The molecule has 0 saturated heterocycles. The molecule has 0 fully saturated rings. The van der Waals surface area contributed by atoms with Crippen LogP contribution in [0.2, 0.25) is 5.02 Å². The monoisotopic (exact) mass is 361 g/mol. The highest BCUT2D eigenvalue weighted by Crippen LogP contribution is 2.33. The second-order valence-electron chi connectivity index (χ2n) is 4.71. The summed E-state index contributed by atoms with van der Waals surface area (Å²) in [7, 11) is 0. The van der Waals surface area contributed by atoms with E-state index >= 15 is 0 Å². The Morgan fingerprint density at radius 3 is 2.58 bits per heavy atom. The van der Waals surface area contributed by atoms with E-state index in [2.05, 4.69) is 5.32 Å². The van der Waals surface area contributed by atoms with E-state index in [1.807, 2.05) is 42.5 Å². The van der Waals surface area contributed by atoms with Crippen LogP contribution in [0.25, 0.3) is 0 Å². The lowest BCUT2D eigenvalue weighted by molar-refractivity contribution is -0.142. The van der Waals surface area contributed by atoms with Crippen LogP contribution in [-0.2, 0) is 14.3 Å². The molecule has 4 nitrogen and oxygen atoms in total. The molecule has 2 aromatic rings. The summed E-state index contributed by atoms with van der Waals surface area (Å²) >= 11 is 7.39. The number of carbonyl (C=O) groups is 2. The second kappa shape index (κ2) is 9.15. The molecule has 0 bridgehead atoms. The topological polar surface area (TPSA) is 55.4 Å². The van der Waals surface area contributed by atoms with E-state index in [1.165, 1.54) is 17.8 Å². The number of hydrogen-bond acceptors (Lipinski definition) is 4. The third-order valence-electron chi connectivity index (χ3n) is 2.85. The minimum absolute atomic E-state index is 0.330. The molecule has 1 amide bonds. The van der Waals surface area contributed by atoms with Crippen molar-refractivity contribution >= 4 is 40.9 Å². The minimum Gasteiger partial charge on any atom is -0.452 e. The zero-order chi connectivity index (χ0) is 17.4. The van der Waals surface area contributed by atoms with E-state index in [1.54, 1.807) is 19.1 Å². The smallest absolute Gasteiger partial charge is 0.330 e. The zero-order valence-corrected chi connectivity index (χ0v) is 14.6. The Bertz CT molecular complexity index is 744. The van der Waals surface area contributed by atoms with E-state index < -0.39 is 11.9 Å². The fraction of sp³-hybridized carbons (Fsp3) is 0.111. The molecule has 0 aliphatic carbocycles. The Hall–Kier alpha value is -2.24. The number of benzene rings is 2. The number of amides is 1. The number of rotatable bonds is 6. The molecule has 0 saturated carbocycles. The third kappa shape index (κ3) is 5.76. The predicted molar refractivity (Wildman–Crippen MR) is 96.4 cm³/mol. The summed E-state index contributed by atoms with van der Waals surface area (Å²) in [6.45, 7) is 1.37. The van der Waals surface area contributed by atoms with Crippen molar-refractivity contribution in [3.63, 3.8) is 0 Å². The van der Waals surface area contributed by atoms with Crippen LogP contribution in [0.1, 0.15) is 6.92 Å². The Kier molecular flexibility index (Phi) is 6.90. The Morgan fingerprint density at radius 2 is 1.88 bits per heavy atom. The van der Waals surface area contributed by atoms with Crippen molar-refractivity contribution in [2.75, 3.05) is 11.9 Å². The molecule has 0 heterocycles. The molecule has 2 aromatic carbocycles. The number of nitrogens with one attached hydrogen (secondary N) is 1. The lowest BCUT2D eigenvalue weighted by atomic mass is 10.3. The standard InChI is InChI=1S/C18H16ClNO3S/c1-2-5-18(22)23-12-17(21)20-15-6-3-4-7-16(15)24-14-10-8-13(19)9-11-14/h2-11H,12H2,1H3,(H,20,21)/b5-2+. The first-order chi connectivity index (χ1) is 11.6. The quantitative estimate of drug-likeness (QED) is 0.605. The zero-order valence-electron chi connectivity index (χ0n) is 13.0. The highest BCUT2D eigenvalue weighted by Gasteiger charge is 2.09. The van der Waals surface area contributed by atoms with Crippen LogP contribution in [0, 0.1) is 0 Å². The molecule has 2 rings (SSSR count). The van der Waals surface area contributed by atoms with E-state index in [9.17, 15) is 9.59 Å². The molecule has 24 heavy (non-hydrogen) atoms. The van der Waals surface area contributed by atoms with Crippen LogP contribution in [0.15, 0.2) is 70.5 Å². The van der Waals surface area contributed by atoms with Crippen molar-refractivity contribution in [1.29, 1.82) is 0 Å². The van der Waals surface area contributed by atoms with Gasteiger partial charge < -0.3 is 10.1 Å². The average Bonchev–Trinajstić information content (AvgIpc) is 2.57. The van der Waals surface area contributed by atoms with Crippen LogP contribution in [0.3, 0.4) is 0 Å². The molecule has 0 aliphatic rings. The van der Waals surface area contributed by atoms with Gasteiger partial charge in [-0.05, 0) is 43.3 Å². The molecule has 6 heteroatoms. The first-order valence-electron chi connectivity index (χ1n) is 7.20. The summed E-state index contributed by atoms with van der Waals surface area (Å²) in [4.78, 5) is 25.0. The van der Waals surface area contributed by atoms with E-state index in [4.69, 9.17) is 16.3 Å². The van der Waals surface area contributed by atoms with Gasteiger partial charge in [-0.15, -0.1) is 0 Å². The largest absolute Gasteiger partial charge is 0.452 e. The SMILES string of the molecule is C/C=C/C(=O)OCC(=O)Nc1ccccc1Sc1ccc(Cl)cc1. The Balaban J connectivity index is 2.01. The summed E-state index contributed by atoms with van der Waals surface area (Å²) in [5.74, 6) is -0.937. The Morgan fingerprint density at radius 1 is 1.17 bits per heavy atom. The number of ether oxygens (including phenoxy) is 1. The number of para-hydroxylation sites is 1. The molecule has 0 aromatic heterocycles. The van der Waals surface area contributed by atoms with Gasteiger partial charge in [0.05, 0.1) is 5.69 Å². The first-order valence-corrected chi connectivity index (χ1v) is 8.39. The van der Waals surface area contributed by atoms with Crippen molar-refractivity contribution in [2.45, 2.75) is 16.7 Å². The van der Waals surface area contributed by atoms with Crippen molar-refractivity contribution in [1.82, 2.24) is 0 Å². The number of halogens is 1. The molecule has 0 radical (unpaired) electrons. The fourth-order valence-electron chi connectivity index (χ4n) is 1.80. The van der Waals surface area contributed by atoms with Gasteiger partial charge in [-0.2, -0.15) is 0 Å². The first kappa shape index (κ1) is 18.1. The molecular weight excluding hydrogens is 346 g/mol. The van der Waals surface area contributed by atoms with Gasteiger partial charge in [0, 0.05) is 20.9 Å². The number of carbonyl (C=O) groups excluding carboxylic acids is 2. The lowest BCUT2D eigenvalue weighted by Crippen LogP contribution is -2.20. The van der Waals surface area contributed by atoms with Gasteiger partial charge in [0.2, 0.25) is 0 Å². The van der Waals surface area contributed by atoms with Crippen molar-refractivity contribution in [2.24, 2.45) is 0 Å². The molecular formula is C18H16ClNO3S. The number of esters is 1. The van der Waals surface area contributed by atoms with Gasteiger partial charge in [0.15, 0.2) is 6.61 Å². The van der Waals surface area contributed by atoms with Gasteiger partial charge in [0.25, 0.3) is 5.91 Å². The molecule has 0 atom stereocenters. The summed E-state index contributed by atoms with van der Waals surface area (Å²) < 4.78 is 4.83. The normalized spacial score (nSPS) is 10.6. The maximum Gasteiger partial charge on any atom is 0.330 e. The van der Waals surface area contributed by atoms with Gasteiger partial charge in [-0.25, -0.2) is 4.79 Å². The number of allylic oxidation sites excluding steroid dienone is 1. The summed E-state index contributed by atoms with van der Waals surface area (Å²) in [5.41, 5.74) is 0.657. The maximum atomic E-state index is 11.9. The van der Waals surface area contributed by atoms with E-state index in [0.717, 1.165) is 9.79 Å². The van der Waals surface area contributed by atoms with Crippen molar-refractivity contribution < 1.29 is 14.3 Å². The van der Waals surface area contributed by atoms with Gasteiger partial charge in [-0.1, -0.05) is 41.6 Å². The van der Waals surface area contributed by atoms with Crippen LogP contribution in [0.4, 0.5) is 5.69 Å². The molecule has 0 spiro atoms. The van der Waals surface area contributed by atoms with Crippen molar-refractivity contribution in [3.8, 4) is 0 Å². The van der Waals surface area contributed by atoms with Crippen LogP contribution in [0.5, 0.6) is 0 Å². The Labute approximate surface area is 149 Å². The summed E-state index contributed by atoms with van der Waals surface area (Å²) in [6.07, 6.45) is 2.82. The third-order valence-corrected chi connectivity index (χ3v) is 4.19. The molecule has 0 unspecified atom stereocenters. The van der Waals surface area contributed by atoms with E-state index in [-0.39, 0.29) is 6.61 Å². The highest BCUT2D eigenvalue weighted by atomic mass is 35.5. The molecule has 124 valence electrons. The van der Waals surface area contributed by atoms with Crippen LogP contribution >= 0.6 is 23.4 Å². The second-order valence-corrected chi connectivity index (χ2v) is 6.26. The average molecular weight is 362 g/mol. The summed E-state index contributed by atoms with van der Waals surface area (Å²) in [5, 5.41) is 3.42. The predicted octanol–water partition coefficient (Wildman–Crippen LogP) is 4.55. The van der Waals surface area contributed by atoms with Crippen molar-refractivity contribution in [3.05, 3.63) is 65.7 Å². The van der Waals surface area contributed by atoms with Gasteiger partial charge >= 0.3 is 5.97 Å². The minimum atomic E-state index is -0.545. The van der Waals surface area contributed by atoms with Gasteiger partial charge in [0.1, 0.15) is 0 Å². The highest BCUT2D eigenvalue weighted by molar-refractivity contribution is 7.99.